The van der Waals surface area contributed by atoms with E-state index in [1.54, 1.807) is 25.1 Å². The van der Waals surface area contributed by atoms with Crippen molar-refractivity contribution in [1.82, 2.24) is 0 Å². The van der Waals surface area contributed by atoms with Crippen molar-refractivity contribution >= 4 is 23.4 Å². The van der Waals surface area contributed by atoms with Crippen LogP contribution in [0.2, 0.25) is 0 Å². The number of carboxylic acid groups (broad SMARTS) is 1. The van der Waals surface area contributed by atoms with E-state index >= 15 is 0 Å². The molecule has 0 atom stereocenters. The molecule has 21 heavy (non-hydrogen) atoms. The van der Waals surface area contributed by atoms with Gasteiger partial charge in [0, 0.05) is 10.5 Å². The van der Waals surface area contributed by atoms with Crippen LogP contribution < -0.4 is 0 Å². The summed E-state index contributed by atoms with van der Waals surface area (Å²) in [6.45, 7) is 1.62. The highest BCUT2D eigenvalue weighted by Gasteiger charge is 2.19. The number of hydrogen-bond donors (Lipinski definition) is 1. The van der Waals surface area contributed by atoms with Crippen molar-refractivity contribution in [2.75, 3.05) is 0 Å². The second kappa shape index (κ2) is 5.92. The van der Waals surface area contributed by atoms with Crippen LogP contribution in [0.15, 0.2) is 46.2 Å². The zero-order valence-electron chi connectivity index (χ0n) is 10.9. The Labute approximate surface area is 123 Å². The Bertz CT molecular complexity index is 733. The van der Waals surface area contributed by atoms with Gasteiger partial charge in [0.05, 0.1) is 15.4 Å². The SMILES string of the molecule is Cc1cccc(Sc2ccc(F)c(C(=O)O)c2)c1[N+](=O)[O-]. The zero-order valence-corrected chi connectivity index (χ0v) is 11.7. The number of rotatable bonds is 4. The van der Waals surface area contributed by atoms with E-state index in [9.17, 15) is 19.3 Å². The molecule has 0 spiro atoms. The fourth-order valence-electron chi connectivity index (χ4n) is 1.81. The topological polar surface area (TPSA) is 80.4 Å². The molecule has 0 unspecified atom stereocenters. The van der Waals surface area contributed by atoms with Crippen LogP contribution in [0.5, 0.6) is 0 Å². The van der Waals surface area contributed by atoms with Gasteiger partial charge < -0.3 is 5.11 Å². The Morgan fingerprint density at radius 3 is 2.67 bits per heavy atom. The maximum absolute atomic E-state index is 13.3. The predicted octanol–water partition coefficient (Wildman–Crippen LogP) is 3.89. The summed E-state index contributed by atoms with van der Waals surface area (Å²) in [4.78, 5) is 22.3. The maximum Gasteiger partial charge on any atom is 0.338 e. The Hall–Kier alpha value is -2.41. The Morgan fingerprint density at radius 2 is 2.05 bits per heavy atom. The summed E-state index contributed by atoms with van der Waals surface area (Å²) in [6, 6.07) is 8.45. The highest BCUT2D eigenvalue weighted by Crippen LogP contribution is 2.37. The summed E-state index contributed by atoms with van der Waals surface area (Å²) < 4.78 is 13.3. The van der Waals surface area contributed by atoms with Gasteiger partial charge in [-0.15, -0.1) is 0 Å². The summed E-state index contributed by atoms with van der Waals surface area (Å²) in [5.74, 6) is -2.22. The van der Waals surface area contributed by atoms with Crippen molar-refractivity contribution in [2.45, 2.75) is 16.7 Å². The minimum Gasteiger partial charge on any atom is -0.478 e. The molecular formula is C14H10FNO4S. The molecule has 0 fully saturated rings. The number of halogens is 1. The standard InChI is InChI=1S/C14H10FNO4S/c1-8-3-2-4-12(13(8)16(19)20)21-9-5-6-11(15)10(7-9)14(17)18/h2-7H,1H3,(H,17,18). The highest BCUT2D eigenvalue weighted by atomic mass is 32.2. The molecule has 0 aliphatic carbocycles. The lowest BCUT2D eigenvalue weighted by atomic mass is 10.2. The van der Waals surface area contributed by atoms with Gasteiger partial charge >= 0.3 is 5.97 Å². The molecule has 0 heterocycles. The summed E-state index contributed by atoms with van der Waals surface area (Å²) in [6.07, 6.45) is 0. The van der Waals surface area contributed by atoms with Gasteiger partial charge in [-0.25, -0.2) is 9.18 Å². The van der Waals surface area contributed by atoms with Crippen molar-refractivity contribution < 1.29 is 19.2 Å². The number of aromatic carboxylic acids is 1. The normalized spacial score (nSPS) is 10.4. The fourth-order valence-corrected chi connectivity index (χ4v) is 2.85. The van der Waals surface area contributed by atoms with Crippen molar-refractivity contribution in [3.8, 4) is 0 Å². The molecule has 2 aromatic carbocycles. The Kier molecular flexibility index (Phi) is 4.23. The molecule has 0 bridgehead atoms. The van der Waals surface area contributed by atoms with Crippen molar-refractivity contribution in [2.24, 2.45) is 0 Å². The Morgan fingerprint density at radius 1 is 1.33 bits per heavy atom. The number of carboxylic acids is 1. The first-order valence-corrected chi connectivity index (χ1v) is 6.66. The van der Waals surface area contributed by atoms with Crippen LogP contribution in [0.4, 0.5) is 10.1 Å². The van der Waals surface area contributed by atoms with Crippen LogP contribution in [0, 0.1) is 22.9 Å². The molecule has 108 valence electrons. The molecule has 0 amide bonds. The van der Waals surface area contributed by atoms with Crippen LogP contribution in [0.25, 0.3) is 0 Å². The zero-order chi connectivity index (χ0) is 15.6. The van der Waals surface area contributed by atoms with E-state index in [0.717, 1.165) is 23.9 Å². The van der Waals surface area contributed by atoms with E-state index in [1.165, 1.54) is 6.07 Å². The number of benzene rings is 2. The molecule has 0 radical (unpaired) electrons. The first-order chi connectivity index (χ1) is 9.90. The summed E-state index contributed by atoms with van der Waals surface area (Å²) in [5.41, 5.74) is 0.00424. The molecule has 0 saturated carbocycles. The van der Waals surface area contributed by atoms with Crippen LogP contribution in [0.1, 0.15) is 15.9 Å². The van der Waals surface area contributed by atoms with Crippen LogP contribution >= 0.6 is 11.8 Å². The number of aryl methyl sites for hydroxylation is 1. The smallest absolute Gasteiger partial charge is 0.338 e. The van der Waals surface area contributed by atoms with E-state index in [0.29, 0.717) is 15.4 Å². The second-order valence-electron chi connectivity index (χ2n) is 4.23. The third-order valence-electron chi connectivity index (χ3n) is 2.78. The first kappa shape index (κ1) is 15.0. The number of nitro benzene ring substituents is 1. The van der Waals surface area contributed by atoms with Crippen LogP contribution in [-0.4, -0.2) is 16.0 Å². The van der Waals surface area contributed by atoms with E-state index in [1.807, 2.05) is 0 Å². The van der Waals surface area contributed by atoms with Crippen molar-refractivity contribution in [3.05, 3.63) is 63.5 Å². The van der Waals surface area contributed by atoms with Crippen LogP contribution in [0.3, 0.4) is 0 Å². The van der Waals surface area contributed by atoms with Gasteiger partial charge in [-0.3, -0.25) is 10.1 Å². The van der Waals surface area contributed by atoms with E-state index in [4.69, 9.17) is 5.11 Å². The second-order valence-corrected chi connectivity index (χ2v) is 5.34. The quantitative estimate of drug-likeness (QED) is 0.684. The van der Waals surface area contributed by atoms with Gasteiger partial charge in [-0.05, 0) is 31.2 Å². The largest absolute Gasteiger partial charge is 0.478 e. The Balaban J connectivity index is 2.44. The minimum atomic E-state index is -1.38. The lowest BCUT2D eigenvalue weighted by Crippen LogP contribution is -2.00. The van der Waals surface area contributed by atoms with E-state index in [2.05, 4.69) is 0 Å². The van der Waals surface area contributed by atoms with E-state index in [-0.39, 0.29) is 5.69 Å². The van der Waals surface area contributed by atoms with Gasteiger partial charge in [0.25, 0.3) is 5.69 Å². The van der Waals surface area contributed by atoms with Crippen LogP contribution in [-0.2, 0) is 0 Å². The fraction of sp³-hybridized carbons (Fsp3) is 0.0714. The molecule has 0 aliphatic heterocycles. The first-order valence-electron chi connectivity index (χ1n) is 5.85. The van der Waals surface area contributed by atoms with Gasteiger partial charge in [0.1, 0.15) is 5.82 Å². The number of nitro groups is 1. The number of nitrogens with zero attached hydrogens (tertiary/aromatic N) is 1. The van der Waals surface area contributed by atoms with Gasteiger partial charge in [0.2, 0.25) is 0 Å². The van der Waals surface area contributed by atoms with Gasteiger partial charge in [-0.1, -0.05) is 23.9 Å². The summed E-state index contributed by atoms with van der Waals surface area (Å²) in [5, 5.41) is 20.0. The molecule has 2 aromatic rings. The molecule has 7 heteroatoms. The monoisotopic (exact) mass is 307 g/mol. The molecule has 2 rings (SSSR count). The molecular weight excluding hydrogens is 297 g/mol. The summed E-state index contributed by atoms with van der Waals surface area (Å²) in [7, 11) is 0. The van der Waals surface area contributed by atoms with Crippen molar-refractivity contribution in [1.29, 1.82) is 0 Å². The lowest BCUT2D eigenvalue weighted by Gasteiger charge is -2.06. The van der Waals surface area contributed by atoms with Gasteiger partial charge in [-0.2, -0.15) is 0 Å². The molecule has 0 aliphatic rings. The lowest BCUT2D eigenvalue weighted by molar-refractivity contribution is -0.388. The van der Waals surface area contributed by atoms with Gasteiger partial charge in [0.15, 0.2) is 0 Å². The number of para-hydroxylation sites is 1. The molecule has 0 saturated heterocycles. The number of carbonyl (C=O) groups is 1. The maximum atomic E-state index is 13.3. The number of hydrogen-bond acceptors (Lipinski definition) is 4. The average Bonchev–Trinajstić information content (AvgIpc) is 2.40. The third-order valence-corrected chi connectivity index (χ3v) is 3.82. The third kappa shape index (κ3) is 3.19. The highest BCUT2D eigenvalue weighted by molar-refractivity contribution is 7.99. The minimum absolute atomic E-state index is 0.0382. The molecule has 0 aromatic heterocycles. The van der Waals surface area contributed by atoms with Crippen molar-refractivity contribution in [3.63, 3.8) is 0 Å². The predicted molar refractivity (Wildman–Crippen MR) is 75.3 cm³/mol. The van der Waals surface area contributed by atoms with E-state index < -0.39 is 22.3 Å². The molecule has 1 N–H and O–H groups in total. The average molecular weight is 307 g/mol. The summed E-state index contributed by atoms with van der Waals surface area (Å²) >= 11 is 1.03. The molecule has 5 nitrogen and oxygen atoms in total.